The summed E-state index contributed by atoms with van der Waals surface area (Å²) in [6.45, 7) is 4.58. The molecule has 0 spiro atoms. The second-order valence-corrected chi connectivity index (χ2v) is 3.28. The summed E-state index contributed by atoms with van der Waals surface area (Å²) < 4.78 is 34.7. The van der Waals surface area contributed by atoms with E-state index in [1.54, 1.807) is 6.08 Å². The van der Waals surface area contributed by atoms with E-state index in [0.717, 1.165) is 6.42 Å². The van der Waals surface area contributed by atoms with Gasteiger partial charge in [0.15, 0.2) is 0 Å². The third-order valence-electron chi connectivity index (χ3n) is 1.07. The summed E-state index contributed by atoms with van der Waals surface area (Å²) in [5.74, 6) is 0.0701. The molecule has 0 saturated carbocycles. The first-order valence-electron chi connectivity index (χ1n) is 3.58. The molecule has 0 bridgehead atoms. The SMILES string of the molecule is C=CCCNCCSC(F)(F)F. The molecule has 0 rings (SSSR count). The van der Waals surface area contributed by atoms with Crippen LogP contribution in [0.2, 0.25) is 0 Å². The van der Waals surface area contributed by atoms with Crippen molar-refractivity contribution in [3.63, 3.8) is 0 Å². The highest BCUT2D eigenvalue weighted by atomic mass is 32.2. The highest BCUT2D eigenvalue weighted by Crippen LogP contribution is 2.29. The molecule has 0 heterocycles. The Morgan fingerprint density at radius 3 is 2.50 bits per heavy atom. The summed E-state index contributed by atoms with van der Waals surface area (Å²) in [7, 11) is 0. The first-order chi connectivity index (χ1) is 5.56. The van der Waals surface area contributed by atoms with Gasteiger partial charge >= 0.3 is 5.51 Å². The second-order valence-electron chi connectivity index (χ2n) is 2.12. The molecule has 0 aliphatic rings. The van der Waals surface area contributed by atoms with Crippen LogP contribution in [0, 0.1) is 0 Å². The van der Waals surface area contributed by atoms with Crippen LogP contribution in [0.3, 0.4) is 0 Å². The number of nitrogens with one attached hydrogen (secondary N) is 1. The molecular weight excluding hydrogens is 187 g/mol. The molecular formula is C7H12F3NS. The molecule has 0 amide bonds. The average Bonchev–Trinajstić information content (AvgIpc) is 1.94. The van der Waals surface area contributed by atoms with E-state index < -0.39 is 5.51 Å². The smallest absolute Gasteiger partial charge is 0.316 e. The van der Waals surface area contributed by atoms with Gasteiger partial charge in [-0.25, -0.2) is 0 Å². The van der Waals surface area contributed by atoms with Gasteiger partial charge < -0.3 is 5.32 Å². The van der Waals surface area contributed by atoms with Crippen molar-refractivity contribution in [2.24, 2.45) is 0 Å². The predicted octanol–water partition coefficient (Wildman–Crippen LogP) is 2.41. The van der Waals surface area contributed by atoms with Crippen LogP contribution >= 0.6 is 11.8 Å². The zero-order valence-corrected chi connectivity index (χ0v) is 7.47. The van der Waals surface area contributed by atoms with Crippen LogP contribution in [0.4, 0.5) is 13.2 Å². The number of rotatable bonds is 6. The van der Waals surface area contributed by atoms with Gasteiger partial charge in [0.05, 0.1) is 0 Å². The van der Waals surface area contributed by atoms with Crippen LogP contribution in [0.15, 0.2) is 12.7 Å². The molecule has 0 aromatic heterocycles. The zero-order valence-electron chi connectivity index (χ0n) is 6.66. The van der Waals surface area contributed by atoms with Gasteiger partial charge in [-0.1, -0.05) is 6.08 Å². The molecule has 0 unspecified atom stereocenters. The van der Waals surface area contributed by atoms with Gasteiger partial charge in [-0.2, -0.15) is 13.2 Å². The summed E-state index contributed by atoms with van der Waals surface area (Å²) >= 11 is 0.00328. The topological polar surface area (TPSA) is 12.0 Å². The lowest BCUT2D eigenvalue weighted by Crippen LogP contribution is -2.19. The van der Waals surface area contributed by atoms with Gasteiger partial charge in [0.25, 0.3) is 0 Å². The fourth-order valence-electron chi connectivity index (χ4n) is 0.568. The number of hydrogen-bond acceptors (Lipinski definition) is 2. The van der Waals surface area contributed by atoms with Crippen LogP contribution in [0.1, 0.15) is 6.42 Å². The summed E-state index contributed by atoms with van der Waals surface area (Å²) in [5.41, 5.74) is -4.10. The molecule has 0 atom stereocenters. The van der Waals surface area contributed by atoms with E-state index in [1.807, 2.05) is 0 Å². The van der Waals surface area contributed by atoms with E-state index >= 15 is 0 Å². The lowest BCUT2D eigenvalue weighted by molar-refractivity contribution is -0.0327. The Balaban J connectivity index is 3.06. The number of thioether (sulfide) groups is 1. The average molecular weight is 199 g/mol. The highest BCUT2D eigenvalue weighted by Gasteiger charge is 2.27. The zero-order chi connectivity index (χ0) is 9.45. The molecule has 0 aromatic rings. The minimum absolute atomic E-state index is 0.00328. The number of hydrogen-bond donors (Lipinski definition) is 1. The standard InChI is InChI=1S/C7H12F3NS/c1-2-3-4-11-5-6-12-7(8,9)10/h2,11H,1,3-6H2. The van der Waals surface area contributed by atoms with E-state index in [2.05, 4.69) is 11.9 Å². The third-order valence-corrected chi connectivity index (χ3v) is 1.81. The minimum Gasteiger partial charge on any atom is -0.316 e. The Kier molecular flexibility index (Phi) is 6.28. The Morgan fingerprint density at radius 2 is 2.00 bits per heavy atom. The van der Waals surface area contributed by atoms with Gasteiger partial charge in [0.2, 0.25) is 0 Å². The van der Waals surface area contributed by atoms with Crippen molar-refractivity contribution >= 4 is 11.8 Å². The molecule has 0 aliphatic carbocycles. The summed E-state index contributed by atoms with van der Waals surface area (Å²) in [4.78, 5) is 0. The van der Waals surface area contributed by atoms with Crippen molar-refractivity contribution in [1.29, 1.82) is 0 Å². The van der Waals surface area contributed by atoms with Crippen LogP contribution < -0.4 is 5.32 Å². The van der Waals surface area contributed by atoms with Gasteiger partial charge in [0, 0.05) is 12.3 Å². The molecule has 0 aliphatic heterocycles. The van der Waals surface area contributed by atoms with Crippen LogP contribution in [0.25, 0.3) is 0 Å². The largest absolute Gasteiger partial charge is 0.441 e. The van der Waals surface area contributed by atoms with E-state index in [9.17, 15) is 13.2 Å². The first-order valence-corrected chi connectivity index (χ1v) is 4.57. The molecule has 0 fully saturated rings. The van der Waals surface area contributed by atoms with Crippen LogP contribution in [-0.2, 0) is 0 Å². The molecule has 0 radical (unpaired) electrons. The van der Waals surface area contributed by atoms with E-state index in [4.69, 9.17) is 0 Å². The number of alkyl halides is 3. The summed E-state index contributed by atoms with van der Waals surface area (Å²) in [6.07, 6.45) is 2.51. The van der Waals surface area contributed by atoms with Crippen molar-refractivity contribution in [2.75, 3.05) is 18.8 Å². The third kappa shape index (κ3) is 9.84. The Morgan fingerprint density at radius 1 is 1.33 bits per heavy atom. The molecule has 5 heteroatoms. The van der Waals surface area contributed by atoms with Gasteiger partial charge in [-0.3, -0.25) is 0 Å². The van der Waals surface area contributed by atoms with E-state index in [0.29, 0.717) is 13.1 Å². The maximum Gasteiger partial charge on any atom is 0.441 e. The molecule has 1 N–H and O–H groups in total. The van der Waals surface area contributed by atoms with E-state index in [1.165, 1.54) is 0 Å². The van der Waals surface area contributed by atoms with Crippen molar-refractivity contribution < 1.29 is 13.2 Å². The van der Waals surface area contributed by atoms with Crippen molar-refractivity contribution in [1.82, 2.24) is 5.32 Å². The quantitative estimate of drug-likeness (QED) is 0.520. The predicted molar refractivity (Wildman–Crippen MR) is 46.2 cm³/mol. The van der Waals surface area contributed by atoms with Crippen molar-refractivity contribution in [3.8, 4) is 0 Å². The fourth-order valence-corrected chi connectivity index (χ4v) is 1.05. The highest BCUT2D eigenvalue weighted by molar-refractivity contribution is 8.00. The lowest BCUT2D eigenvalue weighted by atomic mass is 10.4. The van der Waals surface area contributed by atoms with Gasteiger partial charge in [0.1, 0.15) is 0 Å². The maximum atomic E-state index is 11.6. The first kappa shape index (κ1) is 11.8. The molecule has 1 nitrogen and oxygen atoms in total. The molecule has 0 saturated heterocycles. The van der Waals surface area contributed by atoms with Crippen LogP contribution in [0.5, 0.6) is 0 Å². The van der Waals surface area contributed by atoms with Gasteiger partial charge in [-0.05, 0) is 24.7 Å². The normalized spacial score (nSPS) is 11.6. The number of halogens is 3. The molecule has 0 aromatic carbocycles. The summed E-state index contributed by atoms with van der Waals surface area (Å²) in [6, 6.07) is 0. The Labute approximate surface area is 74.4 Å². The van der Waals surface area contributed by atoms with Crippen molar-refractivity contribution in [2.45, 2.75) is 11.9 Å². The fraction of sp³-hybridized carbons (Fsp3) is 0.714. The summed E-state index contributed by atoms with van der Waals surface area (Å²) in [5, 5.41) is 2.87. The lowest BCUT2D eigenvalue weighted by Gasteiger charge is -2.05. The van der Waals surface area contributed by atoms with Crippen molar-refractivity contribution in [3.05, 3.63) is 12.7 Å². The minimum atomic E-state index is -4.10. The molecule has 72 valence electrons. The van der Waals surface area contributed by atoms with E-state index in [-0.39, 0.29) is 17.5 Å². The monoisotopic (exact) mass is 199 g/mol. The molecule has 12 heavy (non-hydrogen) atoms. The Bertz CT molecular complexity index is 124. The Hall–Kier alpha value is -0.160. The van der Waals surface area contributed by atoms with Gasteiger partial charge in [-0.15, -0.1) is 6.58 Å². The maximum absolute atomic E-state index is 11.6. The second kappa shape index (κ2) is 6.37. The van der Waals surface area contributed by atoms with Crippen LogP contribution in [-0.4, -0.2) is 24.4 Å².